The van der Waals surface area contributed by atoms with Crippen LogP contribution in [0.4, 0.5) is 0 Å². The van der Waals surface area contributed by atoms with Gasteiger partial charge in [0.05, 0.1) is 25.9 Å². The van der Waals surface area contributed by atoms with Gasteiger partial charge in [0.25, 0.3) is 0 Å². The van der Waals surface area contributed by atoms with E-state index in [-0.39, 0.29) is 17.7 Å². The number of carbonyl (C=O) groups excluding carboxylic acids is 1. The summed E-state index contributed by atoms with van der Waals surface area (Å²) in [5, 5.41) is 0. The Hall–Kier alpha value is 0.247. The molecule has 0 aromatic carbocycles. The Bertz CT molecular complexity index is 536. The van der Waals surface area contributed by atoms with E-state index in [1.54, 1.807) is 0 Å². The van der Waals surface area contributed by atoms with Gasteiger partial charge in [0.2, 0.25) is 0 Å². The number of hydrogen-bond acceptors (Lipinski definition) is 5. The molecule has 1 saturated carbocycles. The summed E-state index contributed by atoms with van der Waals surface area (Å²) in [5.74, 6) is 4.32. The van der Waals surface area contributed by atoms with Gasteiger partial charge in [0, 0.05) is 11.5 Å². The van der Waals surface area contributed by atoms with Crippen LogP contribution in [-0.4, -0.2) is 49.4 Å². The average molecular weight is 443 g/mol. The molecule has 3 rings (SSSR count). The maximum absolute atomic E-state index is 13.9. The van der Waals surface area contributed by atoms with Crippen molar-refractivity contribution in [2.45, 2.75) is 75.1 Å². The summed E-state index contributed by atoms with van der Waals surface area (Å²) in [6.07, 6.45) is 9.76. The van der Waals surface area contributed by atoms with Gasteiger partial charge in [-0.25, -0.2) is 0 Å². The molecule has 0 radical (unpaired) electrons. The second kappa shape index (κ2) is 10.5. The maximum Gasteiger partial charge on any atom is 0.157 e. The van der Waals surface area contributed by atoms with Crippen molar-refractivity contribution in [1.82, 2.24) is 0 Å². The Morgan fingerprint density at radius 3 is 2.39 bits per heavy atom. The van der Waals surface area contributed by atoms with Gasteiger partial charge in [0.1, 0.15) is 5.78 Å². The van der Waals surface area contributed by atoms with E-state index in [0.717, 1.165) is 32.5 Å². The first-order valence-electron chi connectivity index (χ1n) is 11.0. The lowest BCUT2D eigenvalue weighted by molar-refractivity contribution is -0.128. The van der Waals surface area contributed by atoms with Crippen LogP contribution in [-0.2, 0) is 14.3 Å². The summed E-state index contributed by atoms with van der Waals surface area (Å²) in [4.78, 5) is 13.9. The van der Waals surface area contributed by atoms with Crippen LogP contribution in [0.25, 0.3) is 0 Å². The standard InChI is InChI=1S/C22H38O3S2Si/c1-5-6-8-17-18(22-26-13-7-14-27-22)15-16(9-10-19-24-11-12-25-19)21(20(17)23)28(2,3)4/h5-6,16-19,21-22H,7-15H2,1-4H3/b6-5+/t16-,17?,18-,21?/m0/s1. The normalized spacial score (nSPS) is 33.8. The van der Waals surface area contributed by atoms with Crippen molar-refractivity contribution in [3.8, 4) is 0 Å². The molecule has 2 unspecified atom stereocenters. The van der Waals surface area contributed by atoms with E-state index in [2.05, 4.69) is 62.2 Å². The molecule has 0 aromatic heterocycles. The first-order chi connectivity index (χ1) is 13.4. The highest BCUT2D eigenvalue weighted by molar-refractivity contribution is 8.17. The van der Waals surface area contributed by atoms with Gasteiger partial charge in [-0.1, -0.05) is 31.8 Å². The highest BCUT2D eigenvalue weighted by atomic mass is 32.2. The highest BCUT2D eigenvalue weighted by Crippen LogP contribution is 2.52. The van der Waals surface area contributed by atoms with E-state index in [1.165, 1.54) is 24.3 Å². The van der Waals surface area contributed by atoms with Crippen molar-refractivity contribution in [3.63, 3.8) is 0 Å². The fourth-order valence-corrected chi connectivity index (χ4v) is 11.4. The van der Waals surface area contributed by atoms with Crippen LogP contribution >= 0.6 is 23.5 Å². The number of rotatable bonds is 7. The van der Waals surface area contributed by atoms with Crippen LogP contribution in [0.5, 0.6) is 0 Å². The molecule has 1 aliphatic carbocycles. The number of carbonyl (C=O) groups is 1. The molecule has 0 spiro atoms. The van der Waals surface area contributed by atoms with E-state index in [9.17, 15) is 4.79 Å². The zero-order valence-corrected chi connectivity index (χ0v) is 20.7. The number of allylic oxidation sites excluding steroid dienone is 2. The molecule has 3 fully saturated rings. The molecule has 0 N–H and O–H groups in total. The minimum atomic E-state index is -1.59. The van der Waals surface area contributed by atoms with E-state index in [1.807, 2.05) is 0 Å². The molecular formula is C22H38O3S2Si. The number of thioether (sulfide) groups is 2. The van der Waals surface area contributed by atoms with Crippen molar-refractivity contribution in [2.75, 3.05) is 24.7 Å². The molecule has 0 bridgehead atoms. The van der Waals surface area contributed by atoms with Crippen molar-refractivity contribution in [1.29, 1.82) is 0 Å². The SMILES string of the molecule is C/C=C/CC1C(=O)C([Si](C)(C)C)[C@@H](CCC2OCCO2)C[C@@H]1C1SCCCS1. The molecule has 4 atom stereocenters. The summed E-state index contributed by atoms with van der Waals surface area (Å²) >= 11 is 4.22. The molecule has 0 amide bonds. The zero-order valence-electron chi connectivity index (χ0n) is 18.0. The van der Waals surface area contributed by atoms with Crippen LogP contribution in [0, 0.1) is 17.8 Å². The van der Waals surface area contributed by atoms with E-state index in [0.29, 0.717) is 22.2 Å². The van der Waals surface area contributed by atoms with Crippen molar-refractivity contribution in [2.24, 2.45) is 17.8 Å². The van der Waals surface area contributed by atoms with E-state index >= 15 is 0 Å². The third kappa shape index (κ3) is 5.69. The van der Waals surface area contributed by atoms with Gasteiger partial charge in [-0.15, -0.1) is 23.5 Å². The fourth-order valence-electron chi connectivity index (χ4n) is 5.29. The Morgan fingerprint density at radius 2 is 1.79 bits per heavy atom. The average Bonchev–Trinajstić information content (AvgIpc) is 3.18. The Balaban J connectivity index is 1.80. The molecule has 3 nitrogen and oxygen atoms in total. The third-order valence-corrected chi connectivity index (χ3v) is 12.3. The van der Waals surface area contributed by atoms with Crippen LogP contribution in [0.2, 0.25) is 25.2 Å². The third-order valence-electron chi connectivity index (χ3n) is 6.46. The Morgan fingerprint density at radius 1 is 1.11 bits per heavy atom. The summed E-state index contributed by atoms with van der Waals surface area (Å²) in [6.45, 7) is 10.7. The molecular weight excluding hydrogens is 404 g/mol. The summed E-state index contributed by atoms with van der Waals surface area (Å²) < 4.78 is 12.0. The van der Waals surface area contributed by atoms with Gasteiger partial charge in [-0.3, -0.25) is 4.79 Å². The molecule has 6 heteroatoms. The monoisotopic (exact) mass is 442 g/mol. The topological polar surface area (TPSA) is 35.5 Å². The predicted molar refractivity (Wildman–Crippen MR) is 125 cm³/mol. The van der Waals surface area contributed by atoms with Crippen molar-refractivity contribution in [3.05, 3.63) is 12.2 Å². The summed E-state index contributed by atoms with van der Waals surface area (Å²) in [5.41, 5.74) is 0.277. The van der Waals surface area contributed by atoms with Gasteiger partial charge in [0.15, 0.2) is 6.29 Å². The number of ether oxygens (including phenoxy) is 2. The lowest BCUT2D eigenvalue weighted by Gasteiger charge is -2.47. The molecule has 0 aromatic rings. The number of Topliss-reactive ketones (excluding diaryl/α,β-unsaturated/α-hetero) is 1. The highest BCUT2D eigenvalue weighted by Gasteiger charge is 2.50. The van der Waals surface area contributed by atoms with Crippen molar-refractivity contribution < 1.29 is 14.3 Å². The summed E-state index contributed by atoms with van der Waals surface area (Å²) in [6, 6.07) is 0. The van der Waals surface area contributed by atoms with Crippen LogP contribution < -0.4 is 0 Å². The molecule has 2 aliphatic heterocycles. The largest absolute Gasteiger partial charge is 0.350 e. The summed E-state index contributed by atoms with van der Waals surface area (Å²) in [7, 11) is -1.59. The molecule has 28 heavy (non-hydrogen) atoms. The zero-order chi connectivity index (χ0) is 20.1. The van der Waals surface area contributed by atoms with E-state index < -0.39 is 8.07 Å². The first-order valence-corrected chi connectivity index (χ1v) is 16.7. The smallest absolute Gasteiger partial charge is 0.157 e. The van der Waals surface area contributed by atoms with E-state index in [4.69, 9.17) is 9.47 Å². The van der Waals surface area contributed by atoms with Crippen molar-refractivity contribution >= 4 is 37.4 Å². The minimum Gasteiger partial charge on any atom is -0.350 e. The van der Waals surface area contributed by atoms with Gasteiger partial charge in [-0.2, -0.15) is 0 Å². The van der Waals surface area contributed by atoms with Crippen LogP contribution in [0.1, 0.15) is 39.0 Å². The molecule has 2 heterocycles. The number of hydrogen-bond donors (Lipinski definition) is 0. The quantitative estimate of drug-likeness (QED) is 0.366. The van der Waals surface area contributed by atoms with Crippen LogP contribution in [0.3, 0.4) is 0 Å². The van der Waals surface area contributed by atoms with Gasteiger partial charge < -0.3 is 9.47 Å². The minimum absolute atomic E-state index is 0.0463. The molecule has 3 aliphatic rings. The lowest BCUT2D eigenvalue weighted by Crippen LogP contribution is -2.49. The number of ketones is 1. The molecule has 160 valence electrons. The second-order valence-electron chi connectivity index (χ2n) is 9.53. The lowest BCUT2D eigenvalue weighted by atomic mass is 9.70. The maximum atomic E-state index is 13.9. The molecule has 2 saturated heterocycles. The fraction of sp³-hybridized carbons (Fsp3) is 0.864. The predicted octanol–water partition coefficient (Wildman–Crippen LogP) is 5.83. The van der Waals surface area contributed by atoms with Crippen LogP contribution in [0.15, 0.2) is 12.2 Å². The first kappa shape index (κ1) is 22.9. The Labute approximate surface area is 181 Å². The Kier molecular flexibility index (Phi) is 8.61. The second-order valence-corrected chi connectivity index (χ2v) is 17.7. The van der Waals surface area contributed by atoms with Gasteiger partial charge >= 0.3 is 0 Å². The van der Waals surface area contributed by atoms with Gasteiger partial charge in [-0.05, 0) is 62.4 Å².